The fraction of sp³-hybridized carbons (Fsp3) is 0.872. The number of phosphoric acid groups is 1. The van der Waals surface area contributed by atoms with Crippen LogP contribution in [-0.4, -0.2) is 41.0 Å². The Labute approximate surface area is 345 Å². The molecule has 0 aromatic heterocycles. The third-order valence-corrected chi connectivity index (χ3v) is 10.9. The standard InChI is InChI=1S/C47H89O8P/c1-3-5-7-9-11-13-15-17-19-20-21-22-23-24-25-26-28-29-31-33-35-37-39-41-46(48)53-43-45(44-54-56(50,51)52)55-47(49)42-40-38-36-34-32-30-27-18-16-14-12-10-8-6-4-2/h33,35-36,38,45H,3-32,34,37,39-44H2,1-2H3,(H2,50,51,52)/b35-33+,38-36+/t45-/m1/s1. The number of carbonyl (C=O) groups is 2. The molecule has 0 aliphatic rings. The molecule has 0 spiro atoms. The lowest BCUT2D eigenvalue weighted by Crippen LogP contribution is -2.29. The largest absolute Gasteiger partial charge is 0.469 e. The third kappa shape index (κ3) is 45.2. The van der Waals surface area contributed by atoms with Crippen molar-refractivity contribution in [3.8, 4) is 0 Å². The van der Waals surface area contributed by atoms with Crippen molar-refractivity contribution in [2.24, 2.45) is 0 Å². The van der Waals surface area contributed by atoms with Gasteiger partial charge in [-0.05, 0) is 44.9 Å². The minimum Gasteiger partial charge on any atom is -0.462 e. The van der Waals surface area contributed by atoms with E-state index in [1.165, 1.54) is 180 Å². The van der Waals surface area contributed by atoms with E-state index in [1.54, 1.807) is 0 Å². The zero-order valence-electron chi connectivity index (χ0n) is 36.5. The molecule has 330 valence electrons. The van der Waals surface area contributed by atoms with E-state index in [2.05, 4.69) is 36.6 Å². The molecule has 0 fully saturated rings. The summed E-state index contributed by atoms with van der Waals surface area (Å²) in [7, 11) is -4.77. The maximum atomic E-state index is 12.4. The van der Waals surface area contributed by atoms with Crippen molar-refractivity contribution in [1.29, 1.82) is 0 Å². The SMILES string of the molecule is CCCCCCCCCCCCC/C=C/CCC(=O)O[C@H](COC(=O)CCC/C=C/CCCCCCCCCCCCCCCCCCCC)COP(=O)(O)O. The highest BCUT2D eigenvalue weighted by Gasteiger charge is 2.22. The van der Waals surface area contributed by atoms with Gasteiger partial charge in [-0.25, -0.2) is 4.57 Å². The average molecular weight is 813 g/mol. The molecule has 0 saturated heterocycles. The zero-order chi connectivity index (χ0) is 41.1. The van der Waals surface area contributed by atoms with Crippen LogP contribution in [0.25, 0.3) is 0 Å². The number of allylic oxidation sites excluding steroid dienone is 4. The van der Waals surface area contributed by atoms with Gasteiger partial charge in [0.25, 0.3) is 0 Å². The van der Waals surface area contributed by atoms with Crippen LogP contribution in [0.3, 0.4) is 0 Å². The fourth-order valence-corrected chi connectivity index (χ4v) is 7.29. The van der Waals surface area contributed by atoms with Crippen molar-refractivity contribution in [3.63, 3.8) is 0 Å². The number of phosphoric ester groups is 1. The predicted molar refractivity (Wildman–Crippen MR) is 235 cm³/mol. The molecule has 0 amide bonds. The number of ether oxygens (including phenoxy) is 2. The second-order valence-electron chi connectivity index (χ2n) is 16.1. The first kappa shape index (κ1) is 54.5. The van der Waals surface area contributed by atoms with Gasteiger partial charge in [0, 0.05) is 12.8 Å². The van der Waals surface area contributed by atoms with Gasteiger partial charge in [-0.15, -0.1) is 0 Å². The summed E-state index contributed by atoms with van der Waals surface area (Å²) in [6.45, 7) is 3.66. The van der Waals surface area contributed by atoms with Gasteiger partial charge in [-0.2, -0.15) is 0 Å². The summed E-state index contributed by atoms with van der Waals surface area (Å²) in [5.41, 5.74) is 0. The van der Waals surface area contributed by atoms with Gasteiger partial charge < -0.3 is 19.3 Å². The second kappa shape index (κ2) is 43.1. The van der Waals surface area contributed by atoms with Crippen LogP contribution >= 0.6 is 7.82 Å². The van der Waals surface area contributed by atoms with Crippen molar-refractivity contribution in [2.75, 3.05) is 13.2 Å². The maximum Gasteiger partial charge on any atom is 0.469 e. The van der Waals surface area contributed by atoms with Crippen molar-refractivity contribution in [3.05, 3.63) is 24.3 Å². The lowest BCUT2D eigenvalue weighted by atomic mass is 10.0. The molecule has 2 N–H and O–H groups in total. The smallest absolute Gasteiger partial charge is 0.462 e. The van der Waals surface area contributed by atoms with Crippen LogP contribution in [0, 0.1) is 0 Å². The number of carbonyl (C=O) groups excluding carboxylic acids is 2. The highest BCUT2D eigenvalue weighted by Crippen LogP contribution is 2.36. The van der Waals surface area contributed by atoms with Crippen LogP contribution in [0.5, 0.6) is 0 Å². The summed E-state index contributed by atoms with van der Waals surface area (Å²) in [5.74, 6) is -0.968. The summed E-state index contributed by atoms with van der Waals surface area (Å²) >= 11 is 0. The molecule has 0 bridgehead atoms. The van der Waals surface area contributed by atoms with Gasteiger partial charge in [-0.3, -0.25) is 14.1 Å². The van der Waals surface area contributed by atoms with Crippen LogP contribution in [0.4, 0.5) is 0 Å². The van der Waals surface area contributed by atoms with E-state index in [1.807, 2.05) is 6.08 Å². The first-order valence-corrected chi connectivity index (χ1v) is 25.2. The normalized spacial score (nSPS) is 12.6. The van der Waals surface area contributed by atoms with E-state index in [0.29, 0.717) is 12.8 Å². The average Bonchev–Trinajstić information content (AvgIpc) is 3.17. The predicted octanol–water partition coefficient (Wildman–Crippen LogP) is 14.7. The Kier molecular flexibility index (Phi) is 42.0. The molecular formula is C47H89O8P. The zero-order valence-corrected chi connectivity index (χ0v) is 37.4. The van der Waals surface area contributed by atoms with Crippen molar-refractivity contribution in [1.82, 2.24) is 0 Å². The fourth-order valence-electron chi connectivity index (χ4n) is 6.93. The Hall–Kier alpha value is -1.47. The van der Waals surface area contributed by atoms with E-state index < -0.39 is 32.5 Å². The molecule has 0 rings (SSSR count). The van der Waals surface area contributed by atoms with E-state index in [0.717, 1.165) is 25.7 Å². The maximum absolute atomic E-state index is 12.4. The van der Waals surface area contributed by atoms with Crippen molar-refractivity contribution in [2.45, 2.75) is 251 Å². The van der Waals surface area contributed by atoms with Gasteiger partial charge in [0.1, 0.15) is 6.61 Å². The van der Waals surface area contributed by atoms with E-state index in [4.69, 9.17) is 19.3 Å². The molecule has 0 heterocycles. The minimum absolute atomic E-state index is 0.126. The Morgan fingerprint density at radius 3 is 1.16 bits per heavy atom. The van der Waals surface area contributed by atoms with E-state index in [-0.39, 0.29) is 19.4 Å². The molecule has 1 atom stereocenters. The van der Waals surface area contributed by atoms with Gasteiger partial charge in [-0.1, -0.05) is 212 Å². The Morgan fingerprint density at radius 1 is 0.446 bits per heavy atom. The Morgan fingerprint density at radius 2 is 0.786 bits per heavy atom. The van der Waals surface area contributed by atoms with Crippen molar-refractivity contribution >= 4 is 19.8 Å². The van der Waals surface area contributed by atoms with Crippen LogP contribution in [0.15, 0.2) is 24.3 Å². The Balaban J connectivity index is 3.86. The summed E-state index contributed by atoms with van der Waals surface area (Å²) in [4.78, 5) is 42.9. The first-order valence-electron chi connectivity index (χ1n) is 23.6. The summed E-state index contributed by atoms with van der Waals surface area (Å²) < 4.78 is 26.4. The Bertz CT molecular complexity index is 962. The van der Waals surface area contributed by atoms with E-state index >= 15 is 0 Å². The number of hydrogen-bond acceptors (Lipinski definition) is 6. The lowest BCUT2D eigenvalue weighted by molar-refractivity contribution is -0.161. The summed E-state index contributed by atoms with van der Waals surface area (Å²) in [5, 5.41) is 0. The van der Waals surface area contributed by atoms with Crippen molar-refractivity contribution < 1.29 is 37.9 Å². The molecular weight excluding hydrogens is 723 g/mol. The number of rotatable bonds is 44. The minimum atomic E-state index is -4.77. The monoisotopic (exact) mass is 813 g/mol. The van der Waals surface area contributed by atoms with Crippen LogP contribution in [0.2, 0.25) is 0 Å². The van der Waals surface area contributed by atoms with E-state index in [9.17, 15) is 14.2 Å². The van der Waals surface area contributed by atoms with Gasteiger partial charge in [0.05, 0.1) is 6.61 Å². The molecule has 9 heteroatoms. The molecule has 0 saturated carbocycles. The van der Waals surface area contributed by atoms with Crippen LogP contribution in [-0.2, 0) is 28.2 Å². The summed E-state index contributed by atoms with van der Waals surface area (Å²) in [6.07, 6.45) is 50.8. The molecule has 0 unspecified atom stereocenters. The molecule has 0 aromatic rings. The molecule has 0 aliphatic carbocycles. The topological polar surface area (TPSA) is 119 Å². The molecule has 0 aromatic carbocycles. The quantitative estimate of drug-likeness (QED) is 0.0270. The number of esters is 2. The van der Waals surface area contributed by atoms with Gasteiger partial charge >= 0.3 is 19.8 Å². The molecule has 0 aliphatic heterocycles. The number of unbranched alkanes of at least 4 members (excludes halogenated alkanes) is 30. The van der Waals surface area contributed by atoms with Crippen LogP contribution < -0.4 is 0 Å². The first-order chi connectivity index (χ1) is 27.3. The highest BCUT2D eigenvalue weighted by molar-refractivity contribution is 7.46. The second-order valence-corrected chi connectivity index (χ2v) is 17.3. The lowest BCUT2D eigenvalue weighted by Gasteiger charge is -2.18. The number of hydrogen-bond donors (Lipinski definition) is 2. The van der Waals surface area contributed by atoms with Gasteiger partial charge in [0.2, 0.25) is 0 Å². The molecule has 8 nitrogen and oxygen atoms in total. The summed E-state index contributed by atoms with van der Waals surface area (Å²) in [6, 6.07) is 0. The highest BCUT2D eigenvalue weighted by atomic mass is 31.2. The molecule has 0 radical (unpaired) electrons. The molecule has 56 heavy (non-hydrogen) atoms. The van der Waals surface area contributed by atoms with Gasteiger partial charge in [0.15, 0.2) is 6.10 Å². The van der Waals surface area contributed by atoms with Crippen LogP contribution in [0.1, 0.15) is 245 Å². The third-order valence-electron chi connectivity index (χ3n) is 10.5.